The molecule has 1 aromatic rings. The maximum absolute atomic E-state index is 12.8. The van der Waals surface area contributed by atoms with Gasteiger partial charge < -0.3 is 14.8 Å². The van der Waals surface area contributed by atoms with Crippen molar-refractivity contribution in [3.05, 3.63) is 41.7 Å². The topological polar surface area (TPSA) is 47.6 Å². The van der Waals surface area contributed by atoms with Crippen LogP contribution in [0.1, 0.15) is 64.4 Å². The molecule has 2 bridgehead atoms. The summed E-state index contributed by atoms with van der Waals surface area (Å²) in [4.78, 5) is 12.8. The second-order valence-electron chi connectivity index (χ2n) is 8.75. The van der Waals surface area contributed by atoms with E-state index in [-0.39, 0.29) is 29.4 Å². The Morgan fingerprint density at radius 1 is 1.17 bits per heavy atom. The Morgan fingerprint density at radius 3 is 2.31 bits per heavy atom. The van der Waals surface area contributed by atoms with E-state index in [1.165, 1.54) is 5.56 Å². The number of methoxy groups -OCH3 is 1. The zero-order chi connectivity index (χ0) is 20.9. The first kappa shape index (κ1) is 21.8. The monoisotopic (exact) mass is 403 g/mol. The van der Waals surface area contributed by atoms with Gasteiger partial charge in [-0.05, 0) is 80.6 Å². The number of hydrogen-bond donors (Lipinski definition) is 1. The van der Waals surface area contributed by atoms with E-state index in [0.717, 1.165) is 44.3 Å². The number of fused-ring (bicyclic) bond motifs is 3. The molecule has 3 aliphatic carbocycles. The highest BCUT2D eigenvalue weighted by Crippen LogP contribution is 2.57. The normalized spacial score (nSPS) is 27.5. The van der Waals surface area contributed by atoms with Crippen LogP contribution in [0.2, 0.25) is 0 Å². The van der Waals surface area contributed by atoms with Gasteiger partial charge in [0.2, 0.25) is 5.91 Å². The minimum Gasteiger partial charge on any atom is -0.489 e. The molecular weight excluding hydrogens is 369 g/mol. The largest absolute Gasteiger partial charge is 0.489 e. The number of benzene rings is 1. The molecule has 160 valence electrons. The molecule has 3 fully saturated rings. The average molecular weight is 404 g/mol. The zero-order valence-electron chi connectivity index (χ0n) is 17.9. The van der Waals surface area contributed by atoms with Crippen LogP contribution in [0.15, 0.2) is 36.2 Å². The Labute approximate surface area is 173 Å². The Balaban J connectivity index is 1.59. The summed E-state index contributed by atoms with van der Waals surface area (Å²) in [6.07, 6.45) is 7.30. The lowest BCUT2D eigenvalue weighted by Crippen LogP contribution is -2.52. The van der Waals surface area contributed by atoms with E-state index in [1.54, 1.807) is 7.11 Å². The van der Waals surface area contributed by atoms with Gasteiger partial charge in [-0.25, -0.2) is 4.39 Å². The van der Waals surface area contributed by atoms with Gasteiger partial charge >= 0.3 is 0 Å². The third kappa shape index (κ3) is 4.66. The fraction of sp³-hybridized carbons (Fsp3) is 0.625. The number of carbonyl (C=O) groups excluding carboxylic acids is 1. The Hall–Kier alpha value is -1.88. The maximum atomic E-state index is 12.8. The summed E-state index contributed by atoms with van der Waals surface area (Å²) < 4.78 is 23.6. The lowest BCUT2D eigenvalue weighted by molar-refractivity contribution is -0.138. The van der Waals surface area contributed by atoms with Crippen LogP contribution in [0.4, 0.5) is 4.39 Å². The van der Waals surface area contributed by atoms with Crippen molar-refractivity contribution >= 4 is 5.91 Å². The van der Waals surface area contributed by atoms with E-state index in [4.69, 9.17) is 9.47 Å². The molecule has 4 nitrogen and oxygen atoms in total. The fourth-order valence-electron chi connectivity index (χ4n) is 4.76. The fourth-order valence-corrected chi connectivity index (χ4v) is 4.76. The van der Waals surface area contributed by atoms with E-state index >= 15 is 0 Å². The van der Waals surface area contributed by atoms with Crippen molar-refractivity contribution in [1.29, 1.82) is 0 Å². The van der Waals surface area contributed by atoms with Gasteiger partial charge in [-0.3, -0.25) is 4.79 Å². The van der Waals surface area contributed by atoms with E-state index < -0.39 is 0 Å². The Bertz CT molecular complexity index is 704. The molecule has 5 heteroatoms. The second-order valence-corrected chi connectivity index (χ2v) is 8.75. The smallest absolute Gasteiger partial charge is 0.226 e. The molecule has 1 atom stereocenters. The number of hydrogen-bond acceptors (Lipinski definition) is 3. The first-order chi connectivity index (χ1) is 14.0. The van der Waals surface area contributed by atoms with Crippen molar-refractivity contribution in [2.75, 3.05) is 20.3 Å². The van der Waals surface area contributed by atoms with Gasteiger partial charge in [0.15, 0.2) is 0 Å². The van der Waals surface area contributed by atoms with Crippen LogP contribution in [0.25, 0.3) is 0 Å². The van der Waals surface area contributed by atoms with Crippen LogP contribution in [0.5, 0.6) is 5.75 Å². The second kappa shape index (κ2) is 9.29. The molecule has 0 heterocycles. The SMILES string of the molecule is CC/C(=C\F)COc1ccc(C23CCC(C(=O)NC[C@@H](C)OC)(CC2)CC3)cc1. The van der Waals surface area contributed by atoms with Gasteiger partial charge in [0, 0.05) is 19.1 Å². The molecule has 0 unspecified atom stereocenters. The van der Waals surface area contributed by atoms with Gasteiger partial charge in [-0.15, -0.1) is 0 Å². The van der Waals surface area contributed by atoms with Crippen LogP contribution >= 0.6 is 0 Å². The number of rotatable bonds is 9. The molecule has 1 N–H and O–H groups in total. The van der Waals surface area contributed by atoms with Crippen molar-refractivity contribution in [1.82, 2.24) is 5.32 Å². The molecule has 4 rings (SSSR count). The summed E-state index contributed by atoms with van der Waals surface area (Å²) in [6, 6.07) is 8.29. The Kier molecular flexibility index (Phi) is 6.99. The van der Waals surface area contributed by atoms with Crippen LogP contribution < -0.4 is 10.1 Å². The van der Waals surface area contributed by atoms with Crippen molar-refractivity contribution in [2.45, 2.75) is 70.3 Å². The van der Waals surface area contributed by atoms with Crippen molar-refractivity contribution < 1.29 is 18.7 Å². The standard InChI is InChI=1S/C24H34FNO3/c1-4-19(15-25)17-29-21-7-5-20(6-8-21)23-9-12-24(13-10-23,14-11-23)22(27)26-16-18(2)28-3/h5-8,15,18H,4,9-14,16-17H2,1-3H3,(H,26,27)/b19-15+/t18-,23?,24?/m1/s1. The molecule has 3 saturated carbocycles. The summed E-state index contributed by atoms with van der Waals surface area (Å²) in [7, 11) is 1.67. The highest BCUT2D eigenvalue weighted by atomic mass is 19.1. The minimum atomic E-state index is -0.201. The highest BCUT2D eigenvalue weighted by molar-refractivity contribution is 5.83. The van der Waals surface area contributed by atoms with E-state index in [0.29, 0.717) is 24.9 Å². The molecule has 0 radical (unpaired) electrons. The lowest BCUT2D eigenvalue weighted by Gasteiger charge is -2.52. The number of ether oxygens (including phenoxy) is 2. The predicted molar refractivity (Wildman–Crippen MR) is 113 cm³/mol. The van der Waals surface area contributed by atoms with Gasteiger partial charge in [0.1, 0.15) is 12.4 Å². The van der Waals surface area contributed by atoms with E-state index in [2.05, 4.69) is 17.4 Å². The van der Waals surface area contributed by atoms with Crippen LogP contribution in [0.3, 0.4) is 0 Å². The molecule has 1 aromatic carbocycles. The third-order valence-electron chi connectivity index (χ3n) is 7.18. The minimum absolute atomic E-state index is 0.0381. The third-order valence-corrected chi connectivity index (χ3v) is 7.18. The van der Waals surface area contributed by atoms with Gasteiger partial charge in [0.05, 0.1) is 12.4 Å². The van der Waals surface area contributed by atoms with Gasteiger partial charge in [-0.2, -0.15) is 0 Å². The van der Waals surface area contributed by atoms with Crippen LogP contribution in [-0.2, 0) is 14.9 Å². The van der Waals surface area contributed by atoms with E-state index in [1.807, 2.05) is 26.0 Å². The molecular formula is C24H34FNO3. The number of carbonyl (C=O) groups is 1. The van der Waals surface area contributed by atoms with Crippen molar-refractivity contribution in [3.8, 4) is 5.75 Å². The quantitative estimate of drug-likeness (QED) is 0.626. The Morgan fingerprint density at radius 2 is 1.79 bits per heavy atom. The summed E-state index contributed by atoms with van der Waals surface area (Å²) >= 11 is 0. The predicted octanol–water partition coefficient (Wildman–Crippen LogP) is 5.07. The van der Waals surface area contributed by atoms with Crippen LogP contribution in [0, 0.1) is 5.41 Å². The molecule has 0 saturated heterocycles. The lowest BCUT2D eigenvalue weighted by atomic mass is 9.51. The summed E-state index contributed by atoms with van der Waals surface area (Å²) in [5.74, 6) is 0.969. The van der Waals surface area contributed by atoms with Crippen molar-refractivity contribution in [3.63, 3.8) is 0 Å². The number of halogens is 1. The highest BCUT2D eigenvalue weighted by Gasteiger charge is 2.52. The average Bonchev–Trinajstić information content (AvgIpc) is 2.79. The molecule has 29 heavy (non-hydrogen) atoms. The molecule has 0 aromatic heterocycles. The molecule has 3 aliphatic rings. The number of nitrogens with one attached hydrogen (secondary N) is 1. The summed E-state index contributed by atoms with van der Waals surface area (Å²) in [5.41, 5.74) is 1.96. The number of amides is 1. The van der Waals surface area contributed by atoms with Gasteiger partial charge in [0.25, 0.3) is 0 Å². The first-order valence-corrected chi connectivity index (χ1v) is 10.8. The summed E-state index contributed by atoms with van der Waals surface area (Å²) in [6.45, 7) is 4.74. The molecule has 0 aliphatic heterocycles. The van der Waals surface area contributed by atoms with Crippen LogP contribution in [-0.4, -0.2) is 32.3 Å². The first-order valence-electron chi connectivity index (χ1n) is 10.8. The van der Waals surface area contributed by atoms with Crippen molar-refractivity contribution in [2.24, 2.45) is 5.41 Å². The molecule has 1 amide bonds. The van der Waals surface area contributed by atoms with E-state index in [9.17, 15) is 9.18 Å². The summed E-state index contributed by atoms with van der Waals surface area (Å²) in [5, 5.41) is 3.10. The maximum Gasteiger partial charge on any atom is 0.226 e. The zero-order valence-corrected chi connectivity index (χ0v) is 17.9. The van der Waals surface area contributed by atoms with Gasteiger partial charge in [-0.1, -0.05) is 19.1 Å². The molecule has 0 spiro atoms.